The second-order valence-electron chi connectivity index (χ2n) is 5.91. The maximum absolute atomic E-state index is 10.8. The molecule has 0 amide bonds. The van der Waals surface area contributed by atoms with E-state index in [1.807, 2.05) is 11.3 Å². The van der Waals surface area contributed by atoms with Gasteiger partial charge in [0.05, 0.1) is 5.60 Å². The molecule has 0 aromatic carbocycles. The van der Waals surface area contributed by atoms with Gasteiger partial charge in [0.15, 0.2) is 0 Å². The molecule has 2 aliphatic rings. The van der Waals surface area contributed by atoms with Gasteiger partial charge in [-0.1, -0.05) is 6.92 Å². The molecule has 0 radical (unpaired) electrons. The maximum Gasteiger partial charge on any atom is 0.0722 e. The fraction of sp³-hybridized carbons (Fsp3) is 0.733. The van der Waals surface area contributed by atoms with Crippen LogP contribution in [0.25, 0.3) is 0 Å². The number of piperidine rings is 1. The minimum absolute atomic E-state index is 0.443. The Bertz CT molecular complexity index is 416. The van der Waals surface area contributed by atoms with Crippen LogP contribution in [0.4, 0.5) is 0 Å². The van der Waals surface area contributed by atoms with Crippen LogP contribution in [0.3, 0.4) is 0 Å². The van der Waals surface area contributed by atoms with Crippen LogP contribution < -0.4 is 0 Å². The molecule has 2 nitrogen and oxygen atoms in total. The summed E-state index contributed by atoms with van der Waals surface area (Å²) < 4.78 is 0. The highest BCUT2D eigenvalue weighted by Gasteiger charge is 2.40. The van der Waals surface area contributed by atoms with Crippen molar-refractivity contribution in [2.24, 2.45) is 0 Å². The van der Waals surface area contributed by atoms with Crippen molar-refractivity contribution in [3.8, 4) is 0 Å². The Kier molecular flexibility index (Phi) is 3.48. The summed E-state index contributed by atoms with van der Waals surface area (Å²) in [5, 5.41) is 10.8. The summed E-state index contributed by atoms with van der Waals surface area (Å²) in [6, 6.07) is 5.07. The third-order valence-corrected chi connectivity index (χ3v) is 5.78. The zero-order valence-electron chi connectivity index (χ0n) is 11.2. The smallest absolute Gasteiger partial charge is 0.0722 e. The monoisotopic (exact) mass is 265 g/mol. The molecule has 1 N–H and O–H groups in total. The van der Waals surface area contributed by atoms with Crippen LogP contribution in [-0.4, -0.2) is 34.7 Å². The Morgan fingerprint density at radius 2 is 2.22 bits per heavy atom. The molecular formula is C15H23NOS. The first-order valence-corrected chi connectivity index (χ1v) is 8.04. The van der Waals surface area contributed by atoms with E-state index >= 15 is 0 Å². The molecule has 2 atom stereocenters. The lowest BCUT2D eigenvalue weighted by atomic mass is 9.83. The van der Waals surface area contributed by atoms with Gasteiger partial charge in [0.2, 0.25) is 0 Å². The number of fused-ring (bicyclic) bond motifs is 1. The zero-order valence-corrected chi connectivity index (χ0v) is 12.0. The highest BCUT2D eigenvalue weighted by atomic mass is 32.1. The Morgan fingerprint density at radius 1 is 1.39 bits per heavy atom. The van der Waals surface area contributed by atoms with Gasteiger partial charge in [0, 0.05) is 28.8 Å². The van der Waals surface area contributed by atoms with Gasteiger partial charge < -0.3 is 10.0 Å². The summed E-state index contributed by atoms with van der Waals surface area (Å²) in [4.78, 5) is 5.37. The van der Waals surface area contributed by atoms with Crippen LogP contribution in [0.1, 0.15) is 42.4 Å². The predicted octanol–water partition coefficient (Wildman–Crippen LogP) is 2.84. The molecular weight excluding hydrogens is 242 g/mol. The normalized spacial score (nSPS) is 32.7. The first-order chi connectivity index (χ1) is 8.68. The predicted molar refractivity (Wildman–Crippen MR) is 76.2 cm³/mol. The molecule has 3 heterocycles. The fourth-order valence-corrected chi connectivity index (χ4v) is 4.60. The van der Waals surface area contributed by atoms with Gasteiger partial charge in [-0.15, -0.1) is 11.3 Å². The van der Waals surface area contributed by atoms with Gasteiger partial charge in [0.25, 0.3) is 0 Å². The van der Waals surface area contributed by atoms with Crippen LogP contribution in [-0.2, 0) is 12.8 Å². The first kappa shape index (κ1) is 12.6. The lowest BCUT2D eigenvalue weighted by Gasteiger charge is -2.40. The van der Waals surface area contributed by atoms with Gasteiger partial charge in [0.1, 0.15) is 0 Å². The standard InChI is InChI=1S/C15H23NOS/c1-2-13-5-6-14(18-13)11-15(17)7-9-16-8-3-4-12(16)10-15/h5-6,12,17H,2-4,7-11H2,1H3. The van der Waals surface area contributed by atoms with Gasteiger partial charge >= 0.3 is 0 Å². The lowest BCUT2D eigenvalue weighted by Crippen LogP contribution is -2.48. The molecule has 2 unspecified atom stereocenters. The number of hydrogen-bond donors (Lipinski definition) is 1. The Balaban J connectivity index is 1.67. The first-order valence-electron chi connectivity index (χ1n) is 7.22. The van der Waals surface area contributed by atoms with E-state index in [0.717, 1.165) is 32.2 Å². The van der Waals surface area contributed by atoms with Crippen molar-refractivity contribution < 1.29 is 5.11 Å². The molecule has 3 rings (SSSR count). The van der Waals surface area contributed by atoms with Crippen molar-refractivity contribution in [1.82, 2.24) is 4.90 Å². The quantitative estimate of drug-likeness (QED) is 0.908. The molecule has 100 valence electrons. The molecule has 2 aliphatic heterocycles. The number of aryl methyl sites for hydroxylation is 1. The van der Waals surface area contributed by atoms with Gasteiger partial charge in [-0.05, 0) is 50.8 Å². The van der Waals surface area contributed by atoms with Gasteiger partial charge in [-0.25, -0.2) is 0 Å². The summed E-state index contributed by atoms with van der Waals surface area (Å²) >= 11 is 1.88. The third kappa shape index (κ3) is 2.49. The van der Waals surface area contributed by atoms with Crippen LogP contribution >= 0.6 is 11.3 Å². The molecule has 2 fully saturated rings. The van der Waals surface area contributed by atoms with Crippen molar-refractivity contribution in [3.05, 3.63) is 21.9 Å². The molecule has 0 spiro atoms. The number of nitrogens with zero attached hydrogens (tertiary/aromatic N) is 1. The molecule has 18 heavy (non-hydrogen) atoms. The van der Waals surface area contributed by atoms with Crippen molar-refractivity contribution in [3.63, 3.8) is 0 Å². The summed E-state index contributed by atoms with van der Waals surface area (Å²) in [5.41, 5.74) is -0.443. The van der Waals surface area contributed by atoms with E-state index in [4.69, 9.17) is 0 Å². The van der Waals surface area contributed by atoms with Crippen molar-refractivity contribution in [1.29, 1.82) is 0 Å². The number of hydrogen-bond acceptors (Lipinski definition) is 3. The average Bonchev–Trinajstić information content (AvgIpc) is 2.96. The highest BCUT2D eigenvalue weighted by molar-refractivity contribution is 7.12. The van der Waals surface area contributed by atoms with Crippen molar-refractivity contribution >= 4 is 11.3 Å². The highest BCUT2D eigenvalue weighted by Crippen LogP contribution is 2.36. The molecule has 2 saturated heterocycles. The Labute approximate surface area is 114 Å². The van der Waals surface area contributed by atoms with Crippen LogP contribution in [0.15, 0.2) is 12.1 Å². The van der Waals surface area contributed by atoms with Crippen LogP contribution in [0, 0.1) is 0 Å². The number of aliphatic hydroxyl groups is 1. The maximum atomic E-state index is 10.8. The SMILES string of the molecule is CCc1ccc(CC2(O)CCN3CCCC3C2)s1. The van der Waals surface area contributed by atoms with E-state index in [1.165, 1.54) is 29.1 Å². The van der Waals surface area contributed by atoms with E-state index < -0.39 is 5.60 Å². The van der Waals surface area contributed by atoms with Crippen LogP contribution in [0.5, 0.6) is 0 Å². The molecule has 0 aliphatic carbocycles. The second kappa shape index (κ2) is 4.95. The summed E-state index contributed by atoms with van der Waals surface area (Å²) in [6.45, 7) is 4.54. The summed E-state index contributed by atoms with van der Waals surface area (Å²) in [7, 11) is 0. The van der Waals surface area contributed by atoms with Crippen molar-refractivity contribution in [2.75, 3.05) is 13.1 Å². The molecule has 1 aromatic heterocycles. The van der Waals surface area contributed by atoms with E-state index in [0.29, 0.717) is 6.04 Å². The average molecular weight is 265 g/mol. The number of thiophene rings is 1. The molecule has 0 bridgehead atoms. The zero-order chi connectivity index (χ0) is 12.6. The van der Waals surface area contributed by atoms with Gasteiger partial charge in [-0.2, -0.15) is 0 Å². The Morgan fingerprint density at radius 3 is 3.00 bits per heavy atom. The summed E-state index contributed by atoms with van der Waals surface area (Å²) in [6.07, 6.45) is 6.50. The second-order valence-corrected chi connectivity index (χ2v) is 7.16. The number of rotatable bonds is 3. The van der Waals surface area contributed by atoms with E-state index in [-0.39, 0.29) is 0 Å². The minimum Gasteiger partial charge on any atom is -0.389 e. The fourth-order valence-electron chi connectivity index (χ4n) is 3.51. The lowest BCUT2D eigenvalue weighted by molar-refractivity contribution is -0.0348. The minimum atomic E-state index is -0.443. The Hall–Kier alpha value is -0.380. The van der Waals surface area contributed by atoms with Gasteiger partial charge in [-0.3, -0.25) is 0 Å². The topological polar surface area (TPSA) is 23.5 Å². The molecule has 0 saturated carbocycles. The largest absolute Gasteiger partial charge is 0.389 e. The molecule has 3 heteroatoms. The summed E-state index contributed by atoms with van der Waals surface area (Å²) in [5.74, 6) is 0. The van der Waals surface area contributed by atoms with E-state index in [9.17, 15) is 5.11 Å². The van der Waals surface area contributed by atoms with Crippen molar-refractivity contribution in [2.45, 2.75) is 57.1 Å². The third-order valence-electron chi connectivity index (χ3n) is 4.55. The van der Waals surface area contributed by atoms with E-state index in [1.54, 1.807) is 0 Å². The van der Waals surface area contributed by atoms with Crippen LogP contribution in [0.2, 0.25) is 0 Å². The van der Waals surface area contributed by atoms with E-state index in [2.05, 4.69) is 24.0 Å². The molecule has 1 aromatic rings.